The van der Waals surface area contributed by atoms with E-state index in [2.05, 4.69) is 16.1 Å². The molecule has 0 radical (unpaired) electrons. The molecule has 13 nitrogen and oxygen atoms in total. The van der Waals surface area contributed by atoms with Crippen molar-refractivity contribution in [1.82, 2.24) is 16.1 Å². The van der Waals surface area contributed by atoms with Crippen LogP contribution in [0.4, 0.5) is 4.79 Å². The van der Waals surface area contributed by atoms with E-state index in [9.17, 15) is 29.1 Å². The lowest BCUT2D eigenvalue weighted by Crippen LogP contribution is -2.55. The van der Waals surface area contributed by atoms with E-state index < -0.39 is 54.1 Å². The molecular formula is C29H37N3O10. The Labute approximate surface area is 243 Å². The zero-order chi connectivity index (χ0) is 31.3. The minimum absolute atomic E-state index is 0.0887. The minimum atomic E-state index is -1.38. The molecule has 0 aliphatic carbocycles. The van der Waals surface area contributed by atoms with Crippen LogP contribution in [0, 0.1) is 0 Å². The van der Waals surface area contributed by atoms with Gasteiger partial charge in [0.15, 0.2) is 6.61 Å². The van der Waals surface area contributed by atoms with Crippen molar-refractivity contribution in [2.45, 2.75) is 64.6 Å². The Morgan fingerprint density at radius 2 is 1.50 bits per heavy atom. The summed E-state index contributed by atoms with van der Waals surface area (Å²) in [4.78, 5) is 66.9. The maximum atomic E-state index is 13.5. The number of amides is 3. The van der Waals surface area contributed by atoms with Crippen molar-refractivity contribution < 1.29 is 48.5 Å². The summed E-state index contributed by atoms with van der Waals surface area (Å²) in [5.41, 5.74) is 2.20. The van der Waals surface area contributed by atoms with Crippen molar-refractivity contribution in [3.8, 4) is 5.75 Å². The average Bonchev–Trinajstić information content (AvgIpc) is 2.91. The van der Waals surface area contributed by atoms with Gasteiger partial charge in [0.2, 0.25) is 5.91 Å². The van der Waals surface area contributed by atoms with Gasteiger partial charge in [0.1, 0.15) is 29.0 Å². The smallest absolute Gasteiger partial charge is 0.408 e. The largest absolute Gasteiger partial charge is 0.481 e. The number of rotatable bonds is 15. The molecule has 3 amide bonds. The highest BCUT2D eigenvalue weighted by atomic mass is 16.6. The van der Waals surface area contributed by atoms with Gasteiger partial charge in [0.25, 0.3) is 5.91 Å². The number of aliphatic carboxylic acids is 1. The van der Waals surface area contributed by atoms with Gasteiger partial charge >= 0.3 is 18.0 Å². The van der Waals surface area contributed by atoms with Gasteiger partial charge in [0.05, 0.1) is 6.61 Å². The van der Waals surface area contributed by atoms with E-state index in [1.54, 1.807) is 51.1 Å². The molecule has 0 saturated heterocycles. The number of carbonyl (C=O) groups is 5. The average molecular weight is 588 g/mol. The molecule has 0 aliphatic rings. The molecule has 42 heavy (non-hydrogen) atoms. The predicted octanol–water partition coefficient (Wildman–Crippen LogP) is 2.47. The summed E-state index contributed by atoms with van der Waals surface area (Å²) in [6, 6.07) is 10.5. The fraction of sp³-hybridized carbons (Fsp3) is 0.414. The molecule has 0 bridgehead atoms. The zero-order valence-electron chi connectivity index (χ0n) is 24.0. The van der Waals surface area contributed by atoms with Crippen LogP contribution in [0.5, 0.6) is 5.75 Å². The first kappa shape index (κ1) is 33.6. The molecule has 2 aromatic carbocycles. The molecule has 13 heteroatoms. The molecule has 2 atom stereocenters. The summed E-state index contributed by atoms with van der Waals surface area (Å²) < 4.78 is 10.4. The molecule has 2 aromatic rings. The monoisotopic (exact) mass is 587 g/mol. The quantitative estimate of drug-likeness (QED) is 0.153. The minimum Gasteiger partial charge on any atom is -0.481 e. The van der Waals surface area contributed by atoms with Gasteiger partial charge in [-0.1, -0.05) is 43.3 Å². The van der Waals surface area contributed by atoms with E-state index in [4.69, 9.17) is 19.4 Å². The maximum Gasteiger partial charge on any atom is 0.408 e. The molecule has 0 fully saturated rings. The first-order valence-corrected chi connectivity index (χ1v) is 13.2. The Bertz CT molecular complexity index is 1240. The summed E-state index contributed by atoms with van der Waals surface area (Å²) >= 11 is 0. The van der Waals surface area contributed by atoms with Crippen LogP contribution in [0.25, 0.3) is 0 Å². The second-order valence-electron chi connectivity index (χ2n) is 10.3. The lowest BCUT2D eigenvalue weighted by molar-refractivity contribution is -0.139. The van der Waals surface area contributed by atoms with Crippen LogP contribution in [-0.2, 0) is 36.8 Å². The fourth-order valence-electron chi connectivity index (χ4n) is 3.66. The molecular weight excluding hydrogens is 550 g/mol. The number of carboxylic acid groups (broad SMARTS) is 2. The van der Waals surface area contributed by atoms with Crippen LogP contribution < -0.4 is 20.9 Å². The first-order chi connectivity index (χ1) is 19.8. The number of benzene rings is 2. The normalized spacial score (nSPS) is 12.4. The van der Waals surface area contributed by atoms with Gasteiger partial charge in [-0.15, -0.1) is 0 Å². The van der Waals surface area contributed by atoms with E-state index in [1.165, 1.54) is 18.2 Å². The van der Waals surface area contributed by atoms with Crippen LogP contribution in [-0.4, -0.2) is 71.0 Å². The number of aromatic carboxylic acids is 1. The molecule has 0 aliphatic heterocycles. The van der Waals surface area contributed by atoms with Gasteiger partial charge in [0, 0.05) is 12.8 Å². The van der Waals surface area contributed by atoms with E-state index in [0.29, 0.717) is 12.0 Å². The number of hydrogen-bond donors (Lipinski definition) is 5. The standard InChI is InChI=1S/C29H37N3O10/c1-5-13-41-32-26(36)22(16-19-11-12-23(40-17-24(33)34)20(14-19)27(37)38)30-25(35)21(15-18-9-7-6-8-10-18)31-28(39)42-29(2,3)4/h6-12,14,21-22H,5,13,15-17H2,1-4H3,(H,30,35)(H,31,39)(H,32,36)(H,33,34)(H,37,38)/t21-,22-/m0/s1. The lowest BCUT2D eigenvalue weighted by Gasteiger charge is -2.25. The van der Waals surface area contributed by atoms with Crippen LogP contribution in [0.3, 0.4) is 0 Å². The van der Waals surface area contributed by atoms with Gasteiger partial charge in [-0.25, -0.2) is 19.9 Å². The molecule has 5 N–H and O–H groups in total. The number of carboxylic acids is 2. The molecule has 228 valence electrons. The Kier molecular flexibility index (Phi) is 12.8. The summed E-state index contributed by atoms with van der Waals surface area (Å²) in [5, 5.41) is 23.7. The highest BCUT2D eigenvalue weighted by molar-refractivity contribution is 5.92. The van der Waals surface area contributed by atoms with Crippen LogP contribution in [0.2, 0.25) is 0 Å². The van der Waals surface area contributed by atoms with Crippen LogP contribution in [0.15, 0.2) is 48.5 Å². The Balaban J connectivity index is 2.34. The van der Waals surface area contributed by atoms with E-state index in [-0.39, 0.29) is 30.8 Å². The van der Waals surface area contributed by atoms with Gasteiger partial charge < -0.3 is 30.3 Å². The fourth-order valence-corrected chi connectivity index (χ4v) is 3.66. The van der Waals surface area contributed by atoms with Crippen molar-refractivity contribution in [3.63, 3.8) is 0 Å². The second-order valence-corrected chi connectivity index (χ2v) is 10.3. The van der Waals surface area contributed by atoms with Gasteiger partial charge in [-0.05, 0) is 50.5 Å². The summed E-state index contributed by atoms with van der Waals surface area (Å²) in [7, 11) is 0. The van der Waals surface area contributed by atoms with E-state index in [0.717, 1.165) is 5.56 Å². The number of nitrogens with one attached hydrogen (secondary N) is 3. The lowest BCUT2D eigenvalue weighted by atomic mass is 10.0. The number of ether oxygens (including phenoxy) is 2. The highest BCUT2D eigenvalue weighted by Gasteiger charge is 2.29. The van der Waals surface area contributed by atoms with Crippen molar-refractivity contribution in [2.75, 3.05) is 13.2 Å². The zero-order valence-corrected chi connectivity index (χ0v) is 24.0. The van der Waals surface area contributed by atoms with Gasteiger partial charge in [-0.2, -0.15) is 0 Å². The maximum absolute atomic E-state index is 13.5. The number of hydroxylamine groups is 1. The molecule has 0 heterocycles. The molecule has 2 rings (SSSR count). The Morgan fingerprint density at radius 3 is 2.10 bits per heavy atom. The van der Waals surface area contributed by atoms with Gasteiger partial charge in [-0.3, -0.25) is 14.4 Å². The van der Waals surface area contributed by atoms with Crippen molar-refractivity contribution >= 4 is 29.8 Å². The third-order valence-corrected chi connectivity index (χ3v) is 5.47. The SMILES string of the molecule is CCCONC(=O)[C@H](Cc1ccc(OCC(=O)O)c(C(=O)O)c1)NC(=O)[C@H](Cc1ccccc1)NC(=O)OC(C)(C)C. The summed E-state index contributed by atoms with van der Waals surface area (Å²) in [6.07, 6.45) is -0.299. The third kappa shape index (κ3) is 11.8. The number of alkyl carbamates (subject to hydrolysis) is 1. The first-order valence-electron chi connectivity index (χ1n) is 13.2. The molecule has 0 spiro atoms. The van der Waals surface area contributed by atoms with E-state index >= 15 is 0 Å². The molecule has 0 saturated carbocycles. The topological polar surface area (TPSA) is 190 Å². The van der Waals surface area contributed by atoms with E-state index in [1.807, 2.05) is 6.92 Å². The van der Waals surface area contributed by atoms with Crippen molar-refractivity contribution in [1.29, 1.82) is 0 Å². The van der Waals surface area contributed by atoms with Crippen molar-refractivity contribution in [2.24, 2.45) is 0 Å². The Hall–Kier alpha value is -4.65. The Morgan fingerprint density at radius 1 is 0.857 bits per heavy atom. The molecule has 0 aromatic heterocycles. The highest BCUT2D eigenvalue weighted by Crippen LogP contribution is 2.21. The summed E-state index contributed by atoms with van der Waals surface area (Å²) in [5.74, 6) is -4.24. The second kappa shape index (κ2) is 16.0. The van der Waals surface area contributed by atoms with Crippen LogP contribution in [0.1, 0.15) is 55.6 Å². The van der Waals surface area contributed by atoms with Crippen molar-refractivity contribution in [3.05, 3.63) is 65.2 Å². The summed E-state index contributed by atoms with van der Waals surface area (Å²) in [6.45, 7) is 6.34. The van der Waals surface area contributed by atoms with Crippen LogP contribution >= 0.6 is 0 Å². The predicted molar refractivity (Wildman–Crippen MR) is 150 cm³/mol. The third-order valence-electron chi connectivity index (χ3n) is 5.47. The number of hydrogen-bond acceptors (Lipinski definition) is 8. The molecule has 0 unspecified atom stereocenters. The number of carbonyl (C=O) groups excluding carboxylic acids is 3.